The van der Waals surface area contributed by atoms with Crippen LogP contribution in [0.25, 0.3) is 12.2 Å². The van der Waals surface area contributed by atoms with Crippen LogP contribution in [0.5, 0.6) is 11.5 Å². The molecule has 0 bridgehead atoms. The number of benzene rings is 3. The van der Waals surface area contributed by atoms with Crippen LogP contribution in [0, 0.1) is 10.1 Å². The highest BCUT2D eigenvalue weighted by atomic mass is 35.5. The van der Waals surface area contributed by atoms with Crippen molar-refractivity contribution in [2.45, 2.75) is 25.7 Å². The molecule has 0 saturated heterocycles. The molecular weight excluding hydrogens is 517 g/mol. The number of non-ortho nitro benzene ring substituents is 1. The first kappa shape index (κ1) is 27.9. The molecule has 0 aromatic heterocycles. The Kier molecular flexibility index (Phi) is 10.7. The zero-order chi connectivity index (χ0) is 26.6. The molecule has 0 radical (unpaired) electrons. The summed E-state index contributed by atoms with van der Waals surface area (Å²) in [5, 5.41) is 9.87. The fourth-order valence-corrected chi connectivity index (χ4v) is 3.77. The molecule has 0 aliphatic heterocycles. The van der Waals surface area contributed by atoms with Gasteiger partial charge < -0.3 is 9.47 Å². The van der Waals surface area contributed by atoms with Crippen LogP contribution in [0.3, 0.4) is 0 Å². The zero-order valence-electron chi connectivity index (χ0n) is 19.9. The van der Waals surface area contributed by atoms with E-state index in [1.807, 2.05) is 42.5 Å². The van der Waals surface area contributed by atoms with Crippen LogP contribution in [-0.4, -0.2) is 28.6 Å². The molecule has 3 rings (SSSR count). The summed E-state index contributed by atoms with van der Waals surface area (Å²) in [6.45, 7) is 0.732. The number of carbonyl (C=O) groups is 2. The average Bonchev–Trinajstić information content (AvgIpc) is 2.89. The van der Waals surface area contributed by atoms with Crippen molar-refractivity contribution in [1.29, 1.82) is 0 Å². The summed E-state index contributed by atoms with van der Waals surface area (Å²) >= 11 is 11.1. The van der Waals surface area contributed by atoms with Crippen molar-refractivity contribution in [2.75, 3.05) is 13.2 Å². The van der Waals surface area contributed by atoms with Crippen LogP contribution in [-0.2, 0) is 0 Å². The first-order valence-electron chi connectivity index (χ1n) is 11.7. The predicted octanol–water partition coefficient (Wildman–Crippen LogP) is 7.54. The van der Waals surface area contributed by atoms with E-state index in [9.17, 15) is 19.7 Å². The maximum Gasteiger partial charge on any atom is 0.273 e. The fraction of sp³-hybridized carbons (Fsp3) is 0.214. The third kappa shape index (κ3) is 8.74. The van der Waals surface area contributed by atoms with Crippen molar-refractivity contribution in [2.24, 2.45) is 0 Å². The SMILES string of the molecule is O=C(Cl)c1ccc(C(=O)Cl)c(OCCCCCCOc2cc([N+](=O)[O-])ccc2C=Cc2ccccc2)c1. The van der Waals surface area contributed by atoms with Gasteiger partial charge in [0.15, 0.2) is 0 Å². The van der Waals surface area contributed by atoms with Gasteiger partial charge in [-0.2, -0.15) is 0 Å². The Labute approximate surface area is 224 Å². The fourth-order valence-electron chi connectivity index (χ4n) is 3.50. The van der Waals surface area contributed by atoms with Crippen molar-refractivity contribution in [3.8, 4) is 11.5 Å². The van der Waals surface area contributed by atoms with Crippen LogP contribution in [0.1, 0.15) is 57.5 Å². The van der Waals surface area contributed by atoms with Crippen molar-refractivity contribution in [3.63, 3.8) is 0 Å². The van der Waals surface area contributed by atoms with Gasteiger partial charge in [-0.3, -0.25) is 19.7 Å². The monoisotopic (exact) mass is 541 g/mol. The third-order valence-corrected chi connectivity index (χ3v) is 5.86. The van der Waals surface area contributed by atoms with Gasteiger partial charge in [0, 0.05) is 17.2 Å². The van der Waals surface area contributed by atoms with Crippen LogP contribution in [0.4, 0.5) is 5.69 Å². The maximum absolute atomic E-state index is 11.6. The van der Waals surface area contributed by atoms with E-state index in [2.05, 4.69) is 0 Å². The Morgan fingerprint density at radius 1 is 0.784 bits per heavy atom. The van der Waals surface area contributed by atoms with E-state index >= 15 is 0 Å². The van der Waals surface area contributed by atoms with E-state index in [1.165, 1.54) is 30.3 Å². The minimum Gasteiger partial charge on any atom is -0.493 e. The molecule has 0 aliphatic carbocycles. The summed E-state index contributed by atoms with van der Waals surface area (Å²) in [6.07, 6.45) is 6.92. The number of unbranched alkanes of at least 4 members (excludes halogenated alkanes) is 3. The molecule has 3 aromatic rings. The Morgan fingerprint density at radius 3 is 2.08 bits per heavy atom. The Bertz CT molecular complexity index is 1280. The standard InChI is InChI=1S/C28H25Cl2NO6/c29-27(32)22-13-15-24(28(30)33)26(18-22)37-17-7-2-1-6-16-36-25-19-23(31(34)35)14-12-21(25)11-10-20-8-4-3-5-9-20/h3-5,8-15,18-19H,1-2,6-7,16-17H2. The molecule has 0 heterocycles. The van der Waals surface area contributed by atoms with Gasteiger partial charge in [0.1, 0.15) is 11.5 Å². The molecule has 0 spiro atoms. The van der Waals surface area contributed by atoms with Crippen LogP contribution in [0.15, 0.2) is 66.7 Å². The number of nitrogens with zero attached hydrogens (tertiary/aromatic N) is 1. The van der Waals surface area contributed by atoms with Gasteiger partial charge in [-0.05, 0) is 78.7 Å². The number of carbonyl (C=O) groups excluding carboxylic acids is 2. The third-order valence-electron chi connectivity index (χ3n) is 5.44. The molecule has 3 aromatic carbocycles. The van der Waals surface area contributed by atoms with Gasteiger partial charge in [0.05, 0.1) is 29.8 Å². The lowest BCUT2D eigenvalue weighted by Gasteiger charge is -2.11. The maximum atomic E-state index is 11.6. The second-order valence-electron chi connectivity index (χ2n) is 8.09. The largest absolute Gasteiger partial charge is 0.493 e. The van der Waals surface area contributed by atoms with E-state index in [4.69, 9.17) is 32.7 Å². The van der Waals surface area contributed by atoms with E-state index in [1.54, 1.807) is 6.07 Å². The lowest BCUT2D eigenvalue weighted by Crippen LogP contribution is -2.04. The molecule has 9 heteroatoms. The Balaban J connectivity index is 1.48. The van der Waals surface area contributed by atoms with Gasteiger partial charge >= 0.3 is 0 Å². The quantitative estimate of drug-likeness (QED) is 0.0687. The number of halogens is 2. The van der Waals surface area contributed by atoms with Gasteiger partial charge in [-0.15, -0.1) is 0 Å². The highest BCUT2D eigenvalue weighted by molar-refractivity contribution is 6.68. The van der Waals surface area contributed by atoms with Gasteiger partial charge in [-0.25, -0.2) is 0 Å². The van der Waals surface area contributed by atoms with Gasteiger partial charge in [0.2, 0.25) is 0 Å². The average molecular weight is 542 g/mol. The van der Waals surface area contributed by atoms with E-state index < -0.39 is 15.4 Å². The number of ether oxygens (including phenoxy) is 2. The molecule has 0 atom stereocenters. The van der Waals surface area contributed by atoms with E-state index in [0.717, 1.165) is 30.4 Å². The molecule has 0 amide bonds. The van der Waals surface area contributed by atoms with E-state index in [0.29, 0.717) is 25.4 Å². The first-order valence-corrected chi connectivity index (χ1v) is 12.4. The van der Waals surface area contributed by atoms with Gasteiger partial charge in [-0.1, -0.05) is 42.5 Å². The van der Waals surface area contributed by atoms with Crippen LogP contribution >= 0.6 is 23.2 Å². The summed E-state index contributed by atoms with van der Waals surface area (Å²) in [7, 11) is 0. The minimum absolute atomic E-state index is 0.0289. The van der Waals surface area contributed by atoms with Crippen molar-refractivity contribution < 1.29 is 24.0 Å². The highest BCUT2D eigenvalue weighted by Crippen LogP contribution is 2.27. The summed E-state index contributed by atoms with van der Waals surface area (Å²) < 4.78 is 11.5. The number of hydrogen-bond donors (Lipinski definition) is 0. The van der Waals surface area contributed by atoms with Crippen LogP contribution in [0.2, 0.25) is 0 Å². The van der Waals surface area contributed by atoms with E-state index in [-0.39, 0.29) is 22.6 Å². The molecule has 0 saturated carbocycles. The second kappa shape index (κ2) is 14.2. The molecule has 0 unspecified atom stereocenters. The van der Waals surface area contributed by atoms with Crippen molar-refractivity contribution >= 4 is 51.5 Å². The topological polar surface area (TPSA) is 95.7 Å². The van der Waals surface area contributed by atoms with Gasteiger partial charge in [0.25, 0.3) is 16.2 Å². The second-order valence-corrected chi connectivity index (χ2v) is 8.78. The number of hydrogen-bond acceptors (Lipinski definition) is 6. The zero-order valence-corrected chi connectivity index (χ0v) is 21.4. The number of nitro groups is 1. The summed E-state index contributed by atoms with van der Waals surface area (Å²) in [4.78, 5) is 33.7. The molecule has 7 nitrogen and oxygen atoms in total. The molecule has 0 N–H and O–H groups in total. The molecule has 192 valence electrons. The van der Waals surface area contributed by atoms with Crippen LogP contribution < -0.4 is 9.47 Å². The summed E-state index contributed by atoms with van der Waals surface area (Å²) in [6, 6.07) is 18.5. The smallest absolute Gasteiger partial charge is 0.273 e. The Hall–Kier alpha value is -3.68. The first-order chi connectivity index (χ1) is 17.8. The van der Waals surface area contributed by atoms with Crippen molar-refractivity contribution in [3.05, 3.63) is 99.1 Å². The lowest BCUT2D eigenvalue weighted by atomic mass is 10.1. The summed E-state index contributed by atoms with van der Waals surface area (Å²) in [5.74, 6) is 0.674. The normalized spacial score (nSPS) is 10.9. The summed E-state index contributed by atoms with van der Waals surface area (Å²) in [5.41, 5.74) is 2.13. The van der Waals surface area contributed by atoms with Crippen molar-refractivity contribution in [1.82, 2.24) is 0 Å². The molecule has 0 fully saturated rings. The molecule has 0 aliphatic rings. The number of nitro benzene ring substituents is 1. The molecular formula is C28H25Cl2NO6. The Morgan fingerprint density at radius 2 is 1.46 bits per heavy atom. The highest BCUT2D eigenvalue weighted by Gasteiger charge is 2.14. The number of rotatable bonds is 14. The lowest BCUT2D eigenvalue weighted by molar-refractivity contribution is -0.384. The minimum atomic E-state index is -0.681. The predicted molar refractivity (Wildman–Crippen MR) is 145 cm³/mol. The molecule has 37 heavy (non-hydrogen) atoms.